The number of nitrogens with zero attached hydrogens (tertiary/aromatic N) is 3. The van der Waals surface area contributed by atoms with Crippen LogP contribution in [0, 0.1) is 13.8 Å². The fraction of sp³-hybridized carbons (Fsp3) is 0.286. The van der Waals surface area contributed by atoms with E-state index < -0.39 is 0 Å². The number of hydrogen-bond donors (Lipinski definition) is 1. The van der Waals surface area contributed by atoms with E-state index in [4.69, 9.17) is 4.42 Å². The van der Waals surface area contributed by atoms with Gasteiger partial charge in [-0.1, -0.05) is 12.1 Å². The molecule has 0 radical (unpaired) electrons. The van der Waals surface area contributed by atoms with Gasteiger partial charge in [0.2, 0.25) is 0 Å². The van der Waals surface area contributed by atoms with Crippen molar-refractivity contribution < 1.29 is 4.42 Å². The normalized spacial score (nSPS) is 11.1. The number of aromatic nitrogens is 3. The maximum Gasteiger partial charge on any atom is 0.295 e. The molecule has 5 nitrogen and oxygen atoms in total. The SMILES string of the molecule is Cc1ncn(CCNc2nc3ccccc3o2)c1C. The second-order valence-corrected chi connectivity index (χ2v) is 4.52. The summed E-state index contributed by atoms with van der Waals surface area (Å²) in [5.74, 6) is 0. The van der Waals surface area contributed by atoms with E-state index in [1.54, 1.807) is 0 Å². The number of fused-ring (bicyclic) bond motifs is 1. The van der Waals surface area contributed by atoms with Crippen LogP contribution in [0.5, 0.6) is 0 Å². The molecule has 1 N–H and O–H groups in total. The number of benzene rings is 1. The number of oxazole rings is 1. The van der Waals surface area contributed by atoms with Gasteiger partial charge >= 0.3 is 0 Å². The van der Waals surface area contributed by atoms with Crippen molar-refractivity contribution >= 4 is 17.1 Å². The van der Waals surface area contributed by atoms with Gasteiger partial charge in [0.25, 0.3) is 6.01 Å². The van der Waals surface area contributed by atoms with Gasteiger partial charge in [-0.05, 0) is 26.0 Å². The maximum atomic E-state index is 5.59. The summed E-state index contributed by atoms with van der Waals surface area (Å²) in [5.41, 5.74) is 3.94. The molecule has 0 fully saturated rings. The van der Waals surface area contributed by atoms with Crippen molar-refractivity contribution in [3.63, 3.8) is 0 Å². The molecule has 5 heteroatoms. The molecule has 0 amide bonds. The Morgan fingerprint density at radius 3 is 2.84 bits per heavy atom. The molecular weight excluding hydrogens is 240 g/mol. The first-order chi connectivity index (χ1) is 9.24. The van der Waals surface area contributed by atoms with Gasteiger partial charge in [-0.25, -0.2) is 4.98 Å². The standard InChI is InChI=1S/C14H16N4O/c1-10-11(2)18(9-16-10)8-7-15-14-17-12-5-3-4-6-13(12)19-14/h3-6,9H,7-8H2,1-2H3,(H,15,17). The largest absolute Gasteiger partial charge is 0.424 e. The Kier molecular flexibility index (Phi) is 2.95. The number of anilines is 1. The minimum Gasteiger partial charge on any atom is -0.424 e. The van der Waals surface area contributed by atoms with Crippen molar-refractivity contribution in [2.45, 2.75) is 20.4 Å². The zero-order valence-corrected chi connectivity index (χ0v) is 11.1. The number of rotatable bonds is 4. The molecule has 0 spiro atoms. The molecule has 2 aromatic heterocycles. The molecule has 0 atom stereocenters. The zero-order chi connectivity index (χ0) is 13.2. The Morgan fingerprint density at radius 2 is 2.11 bits per heavy atom. The Morgan fingerprint density at radius 1 is 1.26 bits per heavy atom. The Hall–Kier alpha value is -2.30. The average Bonchev–Trinajstić information content (AvgIpc) is 2.96. The summed E-state index contributed by atoms with van der Waals surface area (Å²) in [5, 5.41) is 3.19. The van der Waals surface area contributed by atoms with Crippen LogP contribution in [0.1, 0.15) is 11.4 Å². The van der Waals surface area contributed by atoms with Gasteiger partial charge in [0, 0.05) is 18.8 Å². The molecule has 0 aliphatic heterocycles. The van der Waals surface area contributed by atoms with Gasteiger partial charge in [-0.2, -0.15) is 4.98 Å². The van der Waals surface area contributed by atoms with E-state index in [1.165, 1.54) is 5.69 Å². The van der Waals surface area contributed by atoms with Crippen molar-refractivity contribution in [3.05, 3.63) is 42.0 Å². The molecule has 0 unspecified atom stereocenters. The van der Waals surface area contributed by atoms with Crippen LogP contribution in [0.3, 0.4) is 0 Å². The number of imidazole rings is 1. The fourth-order valence-corrected chi connectivity index (χ4v) is 2.00. The van der Waals surface area contributed by atoms with Crippen LogP contribution in [-0.2, 0) is 6.54 Å². The Balaban J connectivity index is 1.64. The van der Waals surface area contributed by atoms with Crippen molar-refractivity contribution in [1.29, 1.82) is 0 Å². The molecule has 0 saturated carbocycles. The first kappa shape index (κ1) is 11.8. The number of para-hydroxylation sites is 2. The molecule has 2 heterocycles. The smallest absolute Gasteiger partial charge is 0.295 e. The molecule has 3 rings (SSSR count). The lowest BCUT2D eigenvalue weighted by molar-refractivity contribution is 0.604. The lowest BCUT2D eigenvalue weighted by Crippen LogP contribution is -2.11. The van der Waals surface area contributed by atoms with Crippen molar-refractivity contribution in [3.8, 4) is 0 Å². The molecule has 1 aromatic carbocycles. The van der Waals surface area contributed by atoms with Crippen molar-refractivity contribution in [2.24, 2.45) is 0 Å². The predicted molar refractivity (Wildman–Crippen MR) is 74.2 cm³/mol. The quantitative estimate of drug-likeness (QED) is 0.779. The topological polar surface area (TPSA) is 55.9 Å². The zero-order valence-electron chi connectivity index (χ0n) is 11.1. The highest BCUT2D eigenvalue weighted by Gasteiger charge is 2.05. The minimum absolute atomic E-state index is 0.565. The van der Waals surface area contributed by atoms with Crippen LogP contribution >= 0.6 is 0 Å². The molecule has 0 bridgehead atoms. The van der Waals surface area contributed by atoms with E-state index in [0.717, 1.165) is 29.9 Å². The average molecular weight is 256 g/mol. The van der Waals surface area contributed by atoms with Gasteiger partial charge < -0.3 is 14.3 Å². The third-order valence-electron chi connectivity index (χ3n) is 3.27. The monoisotopic (exact) mass is 256 g/mol. The van der Waals surface area contributed by atoms with Crippen LogP contribution in [0.15, 0.2) is 35.0 Å². The van der Waals surface area contributed by atoms with Crippen LogP contribution in [-0.4, -0.2) is 21.1 Å². The number of nitrogens with one attached hydrogen (secondary N) is 1. The van der Waals surface area contributed by atoms with E-state index >= 15 is 0 Å². The van der Waals surface area contributed by atoms with Gasteiger partial charge in [-0.15, -0.1) is 0 Å². The number of hydrogen-bond acceptors (Lipinski definition) is 4. The molecule has 19 heavy (non-hydrogen) atoms. The second kappa shape index (κ2) is 4.76. The van der Waals surface area contributed by atoms with E-state index in [1.807, 2.05) is 37.5 Å². The van der Waals surface area contributed by atoms with Crippen LogP contribution < -0.4 is 5.32 Å². The van der Waals surface area contributed by atoms with Crippen LogP contribution in [0.4, 0.5) is 6.01 Å². The first-order valence-electron chi connectivity index (χ1n) is 6.32. The lowest BCUT2D eigenvalue weighted by atomic mass is 10.3. The highest BCUT2D eigenvalue weighted by Crippen LogP contribution is 2.17. The van der Waals surface area contributed by atoms with E-state index in [-0.39, 0.29) is 0 Å². The summed E-state index contributed by atoms with van der Waals surface area (Å²) < 4.78 is 7.71. The van der Waals surface area contributed by atoms with E-state index in [2.05, 4.69) is 26.8 Å². The molecule has 0 saturated heterocycles. The lowest BCUT2D eigenvalue weighted by Gasteiger charge is -2.05. The van der Waals surface area contributed by atoms with Crippen molar-refractivity contribution in [1.82, 2.24) is 14.5 Å². The molecule has 0 aliphatic rings. The van der Waals surface area contributed by atoms with Crippen molar-refractivity contribution in [2.75, 3.05) is 11.9 Å². The summed E-state index contributed by atoms with van der Waals surface area (Å²) >= 11 is 0. The summed E-state index contributed by atoms with van der Waals surface area (Å²) in [7, 11) is 0. The Labute approximate surface area is 111 Å². The number of aryl methyl sites for hydroxylation is 1. The highest BCUT2D eigenvalue weighted by molar-refractivity contribution is 5.74. The summed E-state index contributed by atoms with van der Waals surface area (Å²) in [6.07, 6.45) is 1.86. The minimum atomic E-state index is 0.565. The van der Waals surface area contributed by atoms with Gasteiger partial charge in [0.15, 0.2) is 5.58 Å². The highest BCUT2D eigenvalue weighted by atomic mass is 16.4. The van der Waals surface area contributed by atoms with E-state index in [0.29, 0.717) is 6.01 Å². The maximum absolute atomic E-state index is 5.59. The molecule has 98 valence electrons. The van der Waals surface area contributed by atoms with Crippen LogP contribution in [0.25, 0.3) is 11.1 Å². The molecule has 3 aromatic rings. The van der Waals surface area contributed by atoms with Gasteiger partial charge in [-0.3, -0.25) is 0 Å². The molecular formula is C14H16N4O. The first-order valence-corrected chi connectivity index (χ1v) is 6.32. The van der Waals surface area contributed by atoms with Gasteiger partial charge in [0.1, 0.15) is 5.52 Å². The van der Waals surface area contributed by atoms with Crippen LogP contribution in [0.2, 0.25) is 0 Å². The third kappa shape index (κ3) is 2.31. The Bertz CT molecular complexity index is 665. The third-order valence-corrected chi connectivity index (χ3v) is 3.27. The summed E-state index contributed by atoms with van der Waals surface area (Å²) in [6, 6.07) is 8.31. The van der Waals surface area contributed by atoms with Gasteiger partial charge in [0.05, 0.1) is 12.0 Å². The second-order valence-electron chi connectivity index (χ2n) is 4.52. The predicted octanol–water partition coefficient (Wildman–Crippen LogP) is 2.75. The summed E-state index contributed by atoms with van der Waals surface area (Å²) in [4.78, 5) is 8.64. The fourth-order valence-electron chi connectivity index (χ4n) is 2.00. The summed E-state index contributed by atoms with van der Waals surface area (Å²) in [6.45, 7) is 5.68. The van der Waals surface area contributed by atoms with E-state index in [9.17, 15) is 0 Å². The molecule has 0 aliphatic carbocycles.